The van der Waals surface area contributed by atoms with Gasteiger partial charge in [0.1, 0.15) is 20.4 Å². The summed E-state index contributed by atoms with van der Waals surface area (Å²) in [7, 11) is 8.45. The van der Waals surface area contributed by atoms with Gasteiger partial charge in [-0.2, -0.15) is 12.4 Å². The van der Waals surface area contributed by atoms with Crippen LogP contribution in [0.3, 0.4) is 0 Å². The minimum atomic E-state index is -2.08. The number of anilines is 1. The van der Waals surface area contributed by atoms with Crippen LogP contribution in [0.2, 0.25) is 0 Å². The molecule has 0 aliphatic heterocycles. The fraction of sp³-hybridized carbons (Fsp3) is 0.194. The van der Waals surface area contributed by atoms with Gasteiger partial charge in [-0.25, -0.2) is 4.98 Å². The van der Waals surface area contributed by atoms with Gasteiger partial charge in [0.25, 0.3) is 5.91 Å². The number of H-pyrrole nitrogens is 1. The molecule has 15 nitrogen and oxygen atoms in total. The smallest absolute Gasteiger partial charge is 0.857 e. The molecule has 0 unspecified atom stereocenters. The average Bonchev–Trinajstić information content (AvgIpc) is 1.76. The molecule has 3 aromatic carbocycles. The van der Waals surface area contributed by atoms with Crippen LogP contribution in [0, 0.1) is 29.8 Å². The zero-order chi connectivity index (χ0) is 63.0. The van der Waals surface area contributed by atoms with Crippen molar-refractivity contribution in [2.24, 2.45) is 33.9 Å². The molecule has 0 bridgehead atoms. The third-order valence-electron chi connectivity index (χ3n) is 12.2. The second-order valence-corrected chi connectivity index (χ2v) is 24.8. The van der Waals surface area contributed by atoms with Crippen LogP contribution in [0.15, 0.2) is 183 Å². The third kappa shape index (κ3) is 22.3. The number of nitrogens with zero attached hydrogens (tertiary/aromatic N) is 6. The standard InChI is InChI=1S/C21H19OP.C14H14N4OS.C12H11N3S.C9H11NO.C6H7NO.C4H9O.CH3O.2Na/c1-18(22)17-23(19-11-5-2-6-12-19,20-13-7-3-8-14-20)21-15-9-4-10-16-21;1-7-6-8(9-4-3-5-18(9)2)10-11(15)12(13(16)19)20-14(10)17-7;1-8-6-9(10(7-13)12(16)14-8)11-4-3-5-15(11)2;1-8(11)5-6-9-4-3-7-10(9)2;1-7-4-2-3-6(7)5-8;1-4(2,3)5;1-2;;/h2-17H,1H3;3-6H,15H2,1-2H3,(H2,16,19);3-6H,1-2H3,(H,14,16);3-7H,1-2H3;2-5H,1H3;1-3H3;1H3;;/q;;;;;2*-1;2*+1/b;;;6-5+;;;;;. The first-order valence-corrected chi connectivity index (χ1v) is 29.7. The number of Topliss-reactive ketones (excluding diaryl/α,β-unsaturated/α-hetero) is 1. The van der Waals surface area contributed by atoms with E-state index in [2.05, 4.69) is 52.4 Å². The number of hydrogen-bond donors (Lipinski definition) is 3. The molecule has 5 N–H and O–H groups in total. The average molecular weight is 1240 g/mol. The summed E-state index contributed by atoms with van der Waals surface area (Å²) < 4.78 is 8.21. The number of ketones is 2. The fourth-order valence-corrected chi connectivity index (χ4v) is 13.6. The number of primary amides is 1. The van der Waals surface area contributed by atoms with Crippen molar-refractivity contribution in [2.75, 3.05) is 12.8 Å². The number of thiophene rings is 1. The Balaban J connectivity index is 0.000000371. The number of fused-ring (bicyclic) bond motifs is 1. The number of aldehydes is 1. The van der Waals surface area contributed by atoms with Crippen LogP contribution in [0.4, 0.5) is 5.69 Å². The Hall–Kier alpha value is -7.01. The second-order valence-electron chi connectivity index (χ2n) is 20.1. The van der Waals surface area contributed by atoms with E-state index in [-0.39, 0.29) is 70.7 Å². The van der Waals surface area contributed by atoms with Crippen molar-refractivity contribution in [1.29, 1.82) is 5.26 Å². The van der Waals surface area contributed by atoms with E-state index in [1.165, 1.54) is 27.3 Å². The van der Waals surface area contributed by atoms with Gasteiger partial charge >= 0.3 is 59.1 Å². The van der Waals surface area contributed by atoms with Gasteiger partial charge < -0.3 is 44.9 Å². The maximum atomic E-state index is 12.2. The molecule has 0 aliphatic carbocycles. The van der Waals surface area contributed by atoms with Crippen LogP contribution in [0.5, 0.6) is 0 Å². The van der Waals surface area contributed by atoms with Gasteiger partial charge in [0, 0.05) is 98.0 Å². The van der Waals surface area contributed by atoms with Crippen LogP contribution < -0.4 is 96.7 Å². The Morgan fingerprint density at radius 2 is 1.10 bits per heavy atom. The summed E-state index contributed by atoms with van der Waals surface area (Å²) in [5.74, 6) is 1.61. The minimum absolute atomic E-state index is 0. The zero-order valence-electron chi connectivity index (χ0n) is 52.1. The number of nitrogen functional groups attached to an aromatic ring is 1. The maximum absolute atomic E-state index is 12.2. The molecule has 10 aromatic rings. The number of nitriles is 1. The number of allylic oxidation sites excluding steroid dienone is 1. The number of aromatic amines is 1. The second kappa shape index (κ2) is 37.0. The van der Waals surface area contributed by atoms with Crippen LogP contribution in [-0.2, 0) is 37.8 Å². The minimum Gasteiger partial charge on any atom is -0.857 e. The monoisotopic (exact) mass is 1240 g/mol. The number of hydrogen-bond acceptors (Lipinski definition) is 11. The van der Waals surface area contributed by atoms with Gasteiger partial charge in [0.15, 0.2) is 17.9 Å². The number of nitrogens with one attached hydrogen (secondary N) is 1. The van der Waals surface area contributed by atoms with Crippen LogP contribution >= 0.6 is 30.4 Å². The summed E-state index contributed by atoms with van der Waals surface area (Å²) in [4.78, 5) is 52.8. The van der Waals surface area contributed by atoms with Gasteiger partial charge in [-0.05, 0) is 129 Å². The summed E-state index contributed by atoms with van der Waals surface area (Å²) in [6.07, 6.45) is 11.9. The molecule has 0 spiro atoms. The Bertz CT molecular complexity index is 3910. The molecule has 7 aromatic heterocycles. The van der Waals surface area contributed by atoms with Gasteiger partial charge in [-0.1, -0.05) is 124 Å². The van der Waals surface area contributed by atoms with Crippen molar-refractivity contribution >= 4 is 97.9 Å². The summed E-state index contributed by atoms with van der Waals surface area (Å²) in [5.41, 5.74) is 19.2. The van der Waals surface area contributed by atoms with Crippen molar-refractivity contribution in [3.8, 4) is 28.6 Å². The first kappa shape index (κ1) is 76.1. The number of amides is 1. The molecule has 0 aliphatic rings. The van der Waals surface area contributed by atoms with Crippen LogP contribution in [-0.4, -0.2) is 70.5 Å². The van der Waals surface area contributed by atoms with E-state index >= 15 is 0 Å². The molecule has 0 fully saturated rings. The zero-order valence-corrected chi connectivity index (χ0v) is 58.6. The van der Waals surface area contributed by atoms with Gasteiger partial charge in [0.05, 0.1) is 16.9 Å². The van der Waals surface area contributed by atoms with Gasteiger partial charge in [-0.15, -0.1) is 16.9 Å². The normalized spacial score (nSPS) is 10.3. The molecule has 442 valence electrons. The number of carbonyl (C=O) groups is 4. The Morgan fingerprint density at radius 3 is 1.46 bits per heavy atom. The molecule has 10 rings (SSSR count). The first-order chi connectivity index (χ1) is 40.4. The number of aryl methyl sites for hydroxylation is 6. The summed E-state index contributed by atoms with van der Waals surface area (Å²) in [6.45, 7) is 9.85. The molecule has 0 saturated carbocycles. The molecular weight excluding hydrogens is 1170 g/mol. The summed E-state index contributed by atoms with van der Waals surface area (Å²) in [5, 5.41) is 31.9. The van der Waals surface area contributed by atoms with Gasteiger partial charge in [0.2, 0.25) is 0 Å². The number of rotatable bonds is 10. The van der Waals surface area contributed by atoms with Crippen molar-refractivity contribution in [3.05, 3.63) is 220 Å². The number of benzene rings is 3. The van der Waals surface area contributed by atoms with Crippen LogP contribution in [0.25, 0.3) is 38.8 Å². The summed E-state index contributed by atoms with van der Waals surface area (Å²) in [6, 6.07) is 52.6. The Morgan fingerprint density at radius 1 is 0.678 bits per heavy atom. The number of aromatic nitrogens is 6. The molecular formula is C67H74N9Na2O6PS2. The van der Waals surface area contributed by atoms with E-state index in [1.54, 1.807) is 51.3 Å². The first-order valence-electron chi connectivity index (χ1n) is 26.7. The van der Waals surface area contributed by atoms with E-state index in [9.17, 15) is 24.3 Å². The predicted molar refractivity (Wildman–Crippen MR) is 351 cm³/mol. The molecule has 0 saturated heterocycles. The van der Waals surface area contributed by atoms with Crippen molar-refractivity contribution in [1.82, 2.24) is 28.2 Å². The quantitative estimate of drug-likeness (QED) is 0.0581. The molecule has 1 amide bonds. The van der Waals surface area contributed by atoms with E-state index in [0.29, 0.717) is 26.5 Å². The molecule has 0 atom stereocenters. The Kier molecular flexibility index (Phi) is 32.3. The van der Waals surface area contributed by atoms with Gasteiger partial charge in [-0.3, -0.25) is 19.2 Å². The Labute approximate surface area is 564 Å². The third-order valence-corrected chi connectivity index (χ3v) is 17.7. The maximum Gasteiger partial charge on any atom is 1.00 e. The van der Waals surface area contributed by atoms with Crippen molar-refractivity contribution < 1.29 is 88.5 Å². The SMILES string of the molecule is CC(=O)/C=C/c1cccn1C.CC(=O)C=P(c1ccccc1)(c1ccccc1)c1ccccc1.CC(C)(C)[O-].C[O-].Cc1cc(-c2cccn2C)c(C#N)c(=S)[nH]1.Cc1cc(-c2cccn2C)c2c(N)c(C(N)=O)sc2n1.Cn1cccc1C=O.[Na+].[Na+]. The number of pyridine rings is 2. The van der Waals surface area contributed by atoms with Crippen molar-refractivity contribution in [3.63, 3.8) is 0 Å². The molecule has 87 heavy (non-hydrogen) atoms. The fourth-order valence-electron chi connectivity index (χ4n) is 8.49. The predicted octanol–water partition coefficient (Wildman–Crippen LogP) is 4.19. The summed E-state index contributed by atoms with van der Waals surface area (Å²) >= 11 is 6.40. The number of carbonyl (C=O) groups excluding carboxylic acids is 4. The van der Waals surface area contributed by atoms with E-state index in [1.807, 2.05) is 202 Å². The van der Waals surface area contributed by atoms with E-state index in [0.717, 1.165) is 63.2 Å². The number of nitrogens with two attached hydrogens (primary N) is 2. The molecule has 0 radical (unpaired) electrons. The van der Waals surface area contributed by atoms with E-state index < -0.39 is 18.4 Å². The van der Waals surface area contributed by atoms with Crippen molar-refractivity contribution in [2.45, 2.75) is 54.1 Å². The largest absolute Gasteiger partial charge is 1.00 e. The molecule has 20 heteroatoms. The van der Waals surface area contributed by atoms with Crippen LogP contribution in [0.1, 0.15) is 77.4 Å². The van der Waals surface area contributed by atoms with E-state index in [4.69, 9.17) is 34.1 Å². The molecule has 7 heterocycles. The topological polar surface area (TPSA) is 239 Å².